The number of hydrogen-bond acceptors (Lipinski definition) is 2. The molecule has 1 rings (SSSR count). The Balaban J connectivity index is 2.74. The summed E-state index contributed by atoms with van der Waals surface area (Å²) in [5, 5.41) is 3.28. The number of nitrogens with zero attached hydrogens (tertiary/aromatic N) is 1. The molecule has 0 unspecified atom stereocenters. The highest BCUT2D eigenvalue weighted by Crippen LogP contribution is 2.11. The number of pyridine rings is 1. The van der Waals surface area contributed by atoms with Crippen LogP contribution in [0.2, 0.25) is 0 Å². The number of rotatable bonds is 3. The third kappa shape index (κ3) is 3.15. The molecule has 2 nitrogen and oxygen atoms in total. The van der Waals surface area contributed by atoms with Gasteiger partial charge < -0.3 is 5.32 Å². The van der Waals surface area contributed by atoms with E-state index in [9.17, 15) is 0 Å². The largest absolute Gasteiger partial charge is 0.314 e. The smallest absolute Gasteiger partial charge is 0.0300 e. The zero-order chi connectivity index (χ0) is 9.90. The molecule has 0 aliphatic carbocycles. The first-order valence-electron chi connectivity index (χ1n) is 4.63. The molecule has 1 aromatic heterocycles. The molecule has 2 heteroatoms. The van der Waals surface area contributed by atoms with Crippen LogP contribution < -0.4 is 5.32 Å². The van der Waals surface area contributed by atoms with E-state index in [-0.39, 0.29) is 5.54 Å². The van der Waals surface area contributed by atoms with Crippen molar-refractivity contribution in [2.24, 2.45) is 0 Å². The zero-order valence-electron chi connectivity index (χ0n) is 8.89. The fourth-order valence-corrected chi connectivity index (χ4v) is 1.31. The molecule has 0 radical (unpaired) electrons. The van der Waals surface area contributed by atoms with Gasteiger partial charge in [0.2, 0.25) is 0 Å². The third-order valence-corrected chi connectivity index (χ3v) is 2.25. The number of likely N-dealkylation sites (N-methyl/N-ethyl adjacent to an activating group) is 1. The fourth-order valence-electron chi connectivity index (χ4n) is 1.31. The summed E-state index contributed by atoms with van der Waals surface area (Å²) in [5.74, 6) is 0. The van der Waals surface area contributed by atoms with E-state index < -0.39 is 0 Å². The summed E-state index contributed by atoms with van der Waals surface area (Å²) in [5.41, 5.74) is 2.67. The second-order valence-electron chi connectivity index (χ2n) is 4.18. The van der Waals surface area contributed by atoms with E-state index in [0.29, 0.717) is 0 Å². The van der Waals surface area contributed by atoms with Gasteiger partial charge >= 0.3 is 0 Å². The quantitative estimate of drug-likeness (QED) is 0.765. The van der Waals surface area contributed by atoms with Crippen molar-refractivity contribution in [1.82, 2.24) is 10.3 Å². The lowest BCUT2D eigenvalue weighted by atomic mass is 9.96. The Morgan fingerprint density at radius 1 is 1.38 bits per heavy atom. The minimum atomic E-state index is 0.148. The molecular weight excluding hydrogens is 160 g/mol. The minimum Gasteiger partial charge on any atom is -0.314 e. The van der Waals surface area contributed by atoms with Crippen LogP contribution in [0.25, 0.3) is 0 Å². The fraction of sp³-hybridized carbons (Fsp3) is 0.545. The molecule has 0 atom stereocenters. The number of aromatic nitrogens is 1. The highest BCUT2D eigenvalue weighted by atomic mass is 14.9. The van der Waals surface area contributed by atoms with Gasteiger partial charge in [0.15, 0.2) is 0 Å². The summed E-state index contributed by atoms with van der Waals surface area (Å²) < 4.78 is 0. The maximum absolute atomic E-state index is 4.17. The van der Waals surface area contributed by atoms with Crippen molar-refractivity contribution in [3.63, 3.8) is 0 Å². The van der Waals surface area contributed by atoms with E-state index in [4.69, 9.17) is 0 Å². The van der Waals surface area contributed by atoms with Crippen molar-refractivity contribution in [3.05, 3.63) is 29.6 Å². The van der Waals surface area contributed by atoms with Gasteiger partial charge in [-0.05, 0) is 45.4 Å². The Morgan fingerprint density at radius 3 is 2.62 bits per heavy atom. The van der Waals surface area contributed by atoms with Gasteiger partial charge in [0.05, 0.1) is 0 Å². The first-order valence-corrected chi connectivity index (χ1v) is 4.63. The van der Waals surface area contributed by atoms with Crippen molar-refractivity contribution in [1.29, 1.82) is 0 Å². The Labute approximate surface area is 80.4 Å². The predicted octanol–water partition coefficient (Wildman–Crippen LogP) is 1.93. The second kappa shape index (κ2) is 3.88. The molecule has 0 saturated heterocycles. The summed E-state index contributed by atoms with van der Waals surface area (Å²) in [6, 6.07) is 2.19. The van der Waals surface area contributed by atoms with Crippen LogP contribution in [-0.2, 0) is 6.42 Å². The highest BCUT2D eigenvalue weighted by molar-refractivity contribution is 5.18. The lowest BCUT2D eigenvalue weighted by molar-refractivity contribution is 0.421. The summed E-state index contributed by atoms with van der Waals surface area (Å²) in [4.78, 5) is 4.17. The van der Waals surface area contributed by atoms with Crippen LogP contribution in [0.5, 0.6) is 0 Å². The molecule has 0 saturated carbocycles. The van der Waals surface area contributed by atoms with Gasteiger partial charge in [-0.1, -0.05) is 6.07 Å². The van der Waals surface area contributed by atoms with Crippen LogP contribution in [0.1, 0.15) is 25.0 Å². The third-order valence-electron chi connectivity index (χ3n) is 2.25. The van der Waals surface area contributed by atoms with Gasteiger partial charge in [0, 0.05) is 17.9 Å². The Kier molecular flexibility index (Phi) is 3.04. The monoisotopic (exact) mass is 178 g/mol. The number of aryl methyl sites for hydroxylation is 1. The van der Waals surface area contributed by atoms with Crippen molar-refractivity contribution in [3.8, 4) is 0 Å². The zero-order valence-corrected chi connectivity index (χ0v) is 8.89. The van der Waals surface area contributed by atoms with Crippen LogP contribution in [0, 0.1) is 6.92 Å². The van der Waals surface area contributed by atoms with E-state index in [1.165, 1.54) is 11.1 Å². The molecule has 13 heavy (non-hydrogen) atoms. The van der Waals surface area contributed by atoms with Crippen LogP contribution in [0.3, 0.4) is 0 Å². The summed E-state index contributed by atoms with van der Waals surface area (Å²) in [6.45, 7) is 6.45. The summed E-state index contributed by atoms with van der Waals surface area (Å²) in [6.07, 6.45) is 4.83. The molecule has 0 amide bonds. The number of hydrogen-bond donors (Lipinski definition) is 1. The minimum absolute atomic E-state index is 0.148. The Hall–Kier alpha value is -0.890. The summed E-state index contributed by atoms with van der Waals surface area (Å²) >= 11 is 0. The molecule has 0 fully saturated rings. The van der Waals surface area contributed by atoms with Crippen molar-refractivity contribution in [2.75, 3.05) is 7.05 Å². The van der Waals surface area contributed by atoms with Crippen LogP contribution in [-0.4, -0.2) is 17.6 Å². The van der Waals surface area contributed by atoms with Crippen LogP contribution >= 0.6 is 0 Å². The molecule has 0 aromatic carbocycles. The average Bonchev–Trinajstić information content (AvgIpc) is 2.03. The van der Waals surface area contributed by atoms with Crippen LogP contribution in [0.4, 0.5) is 0 Å². The number of nitrogens with one attached hydrogen (secondary N) is 1. The first kappa shape index (κ1) is 10.2. The normalized spacial score (nSPS) is 11.7. The van der Waals surface area contributed by atoms with Gasteiger partial charge in [-0.2, -0.15) is 0 Å². The van der Waals surface area contributed by atoms with E-state index in [1.807, 2.05) is 19.4 Å². The predicted molar refractivity (Wildman–Crippen MR) is 55.8 cm³/mol. The van der Waals surface area contributed by atoms with Crippen molar-refractivity contribution in [2.45, 2.75) is 32.7 Å². The molecule has 72 valence electrons. The maximum atomic E-state index is 4.17. The molecule has 1 N–H and O–H groups in total. The maximum Gasteiger partial charge on any atom is 0.0300 e. The molecular formula is C11H18N2. The van der Waals surface area contributed by atoms with Crippen molar-refractivity contribution >= 4 is 0 Å². The van der Waals surface area contributed by atoms with Gasteiger partial charge in [0.25, 0.3) is 0 Å². The van der Waals surface area contributed by atoms with Crippen molar-refractivity contribution < 1.29 is 0 Å². The van der Waals surface area contributed by atoms with Gasteiger partial charge in [0.1, 0.15) is 0 Å². The molecule has 1 aromatic rings. The molecule has 1 heterocycles. The first-order chi connectivity index (χ1) is 6.03. The molecule has 0 spiro atoms. The van der Waals surface area contributed by atoms with E-state index in [0.717, 1.165) is 6.42 Å². The highest BCUT2D eigenvalue weighted by Gasteiger charge is 2.15. The van der Waals surface area contributed by atoms with E-state index in [2.05, 4.69) is 37.1 Å². The van der Waals surface area contributed by atoms with E-state index >= 15 is 0 Å². The van der Waals surface area contributed by atoms with E-state index in [1.54, 1.807) is 0 Å². The topological polar surface area (TPSA) is 24.9 Å². The second-order valence-corrected chi connectivity index (χ2v) is 4.18. The van der Waals surface area contributed by atoms with Gasteiger partial charge in [-0.3, -0.25) is 4.98 Å². The lowest BCUT2D eigenvalue weighted by Gasteiger charge is -2.23. The van der Waals surface area contributed by atoms with Crippen LogP contribution in [0.15, 0.2) is 18.5 Å². The lowest BCUT2D eigenvalue weighted by Crippen LogP contribution is -2.38. The Morgan fingerprint density at radius 2 is 2.08 bits per heavy atom. The molecule has 0 bridgehead atoms. The standard InChI is InChI=1S/C11H18N2/c1-9-5-10(8-13-7-9)6-11(2,3)12-4/h5,7-8,12H,6H2,1-4H3. The summed E-state index contributed by atoms with van der Waals surface area (Å²) in [7, 11) is 1.99. The Bertz CT molecular complexity index is 279. The average molecular weight is 178 g/mol. The molecule has 0 aliphatic rings. The van der Waals surface area contributed by atoms with Gasteiger partial charge in [-0.15, -0.1) is 0 Å². The molecule has 0 aliphatic heterocycles. The SMILES string of the molecule is CNC(C)(C)Cc1cncc(C)c1. The van der Waals surface area contributed by atoms with Gasteiger partial charge in [-0.25, -0.2) is 0 Å².